The molecule has 0 radical (unpaired) electrons. The van der Waals surface area contributed by atoms with Crippen LogP contribution >= 0.6 is 11.6 Å². The number of rotatable bonds is 1. The molecule has 1 fully saturated rings. The van der Waals surface area contributed by atoms with Crippen molar-refractivity contribution in [2.75, 3.05) is 0 Å². The summed E-state index contributed by atoms with van der Waals surface area (Å²) in [5.74, 6) is 0. The van der Waals surface area contributed by atoms with Gasteiger partial charge in [0.15, 0.2) is 0 Å². The summed E-state index contributed by atoms with van der Waals surface area (Å²) in [4.78, 5) is 8.30. The Bertz CT molecular complexity index is 486. The zero-order chi connectivity index (χ0) is 10.3. The van der Waals surface area contributed by atoms with E-state index in [2.05, 4.69) is 20.7 Å². The number of fused-ring (bicyclic) bond motifs is 1. The van der Waals surface area contributed by atoms with E-state index in [1.807, 2.05) is 6.07 Å². The lowest BCUT2D eigenvalue weighted by Gasteiger charge is -2.12. The number of hydrogen-bond acceptors (Lipinski definition) is 2. The highest BCUT2D eigenvalue weighted by molar-refractivity contribution is 6.33. The first-order chi connectivity index (χ1) is 7.36. The zero-order valence-electron chi connectivity index (χ0n) is 8.36. The summed E-state index contributed by atoms with van der Waals surface area (Å²) in [7, 11) is 0. The van der Waals surface area contributed by atoms with Gasteiger partial charge >= 0.3 is 0 Å². The minimum Gasteiger partial charge on any atom is -0.329 e. The molecular weight excluding hydrogens is 210 g/mol. The number of aromatic nitrogens is 3. The van der Waals surface area contributed by atoms with E-state index >= 15 is 0 Å². The van der Waals surface area contributed by atoms with E-state index in [1.54, 1.807) is 0 Å². The molecule has 0 spiro atoms. The molecule has 78 valence electrons. The molecule has 15 heavy (non-hydrogen) atoms. The van der Waals surface area contributed by atoms with Crippen LogP contribution < -0.4 is 0 Å². The van der Waals surface area contributed by atoms with Crippen LogP contribution in [0.15, 0.2) is 18.6 Å². The Morgan fingerprint density at radius 3 is 2.87 bits per heavy atom. The molecule has 2 aromatic heterocycles. The molecule has 0 aromatic carbocycles. The van der Waals surface area contributed by atoms with E-state index in [-0.39, 0.29) is 0 Å². The quantitative estimate of drug-likeness (QED) is 0.693. The van der Waals surface area contributed by atoms with Crippen molar-refractivity contribution in [3.8, 4) is 0 Å². The first-order valence-corrected chi connectivity index (χ1v) is 5.71. The lowest BCUT2D eigenvalue weighted by Crippen LogP contribution is -2.03. The van der Waals surface area contributed by atoms with Crippen LogP contribution in [0.3, 0.4) is 0 Å². The Balaban J connectivity index is 2.15. The van der Waals surface area contributed by atoms with E-state index in [9.17, 15) is 0 Å². The van der Waals surface area contributed by atoms with Crippen LogP contribution in [0.4, 0.5) is 0 Å². The fraction of sp³-hybridized carbons (Fsp3) is 0.455. The SMILES string of the molecule is Clc1ncnc2c1ccn2C1CCCC1. The minimum absolute atomic E-state index is 0.553. The van der Waals surface area contributed by atoms with Crippen molar-refractivity contribution in [1.82, 2.24) is 14.5 Å². The normalized spacial score (nSPS) is 17.7. The smallest absolute Gasteiger partial charge is 0.145 e. The summed E-state index contributed by atoms with van der Waals surface area (Å²) >= 11 is 6.01. The van der Waals surface area contributed by atoms with Crippen molar-refractivity contribution < 1.29 is 0 Å². The highest BCUT2D eigenvalue weighted by Crippen LogP contribution is 2.32. The molecule has 1 saturated carbocycles. The van der Waals surface area contributed by atoms with Crippen LogP contribution in [-0.2, 0) is 0 Å². The maximum absolute atomic E-state index is 6.01. The molecule has 0 N–H and O–H groups in total. The van der Waals surface area contributed by atoms with Crippen LogP contribution in [0, 0.1) is 0 Å². The molecule has 3 nitrogen and oxygen atoms in total. The Hall–Kier alpha value is -1.09. The largest absolute Gasteiger partial charge is 0.329 e. The van der Waals surface area contributed by atoms with Gasteiger partial charge in [-0.2, -0.15) is 0 Å². The summed E-state index contributed by atoms with van der Waals surface area (Å²) in [5.41, 5.74) is 0.974. The standard InChI is InChI=1S/C11H12ClN3/c12-10-9-5-6-15(8-3-1-2-4-8)11(9)14-7-13-10/h5-8H,1-4H2. The second-order valence-electron chi connectivity index (χ2n) is 4.06. The average molecular weight is 222 g/mol. The first-order valence-electron chi connectivity index (χ1n) is 5.33. The van der Waals surface area contributed by atoms with Crippen molar-refractivity contribution in [2.24, 2.45) is 0 Å². The summed E-state index contributed by atoms with van der Waals surface area (Å²) in [6.07, 6.45) is 8.78. The van der Waals surface area contributed by atoms with E-state index in [0.717, 1.165) is 11.0 Å². The van der Waals surface area contributed by atoms with Gasteiger partial charge in [-0.05, 0) is 18.9 Å². The molecule has 4 heteroatoms. The maximum atomic E-state index is 6.01. The topological polar surface area (TPSA) is 30.7 Å². The molecular formula is C11H12ClN3. The number of nitrogens with zero attached hydrogens (tertiary/aromatic N) is 3. The molecule has 2 heterocycles. The molecule has 1 aliphatic rings. The van der Waals surface area contributed by atoms with Gasteiger partial charge in [-0.25, -0.2) is 9.97 Å². The summed E-state index contributed by atoms with van der Waals surface area (Å²) in [6.45, 7) is 0. The van der Waals surface area contributed by atoms with E-state index in [4.69, 9.17) is 11.6 Å². The molecule has 0 saturated heterocycles. The van der Waals surface area contributed by atoms with Gasteiger partial charge in [0, 0.05) is 12.2 Å². The lowest BCUT2D eigenvalue weighted by atomic mass is 10.2. The van der Waals surface area contributed by atoms with E-state index in [1.165, 1.54) is 32.0 Å². The lowest BCUT2D eigenvalue weighted by molar-refractivity contribution is 0.532. The first kappa shape index (κ1) is 9.16. The molecule has 3 rings (SSSR count). The van der Waals surface area contributed by atoms with Crippen molar-refractivity contribution in [2.45, 2.75) is 31.7 Å². The molecule has 0 aliphatic heterocycles. The maximum Gasteiger partial charge on any atom is 0.145 e. The Labute approximate surface area is 93.1 Å². The second kappa shape index (κ2) is 3.49. The van der Waals surface area contributed by atoms with Crippen molar-refractivity contribution in [3.05, 3.63) is 23.7 Å². The number of hydrogen-bond donors (Lipinski definition) is 0. The molecule has 0 bridgehead atoms. The highest BCUT2D eigenvalue weighted by atomic mass is 35.5. The van der Waals surface area contributed by atoms with Gasteiger partial charge in [0.05, 0.1) is 5.39 Å². The van der Waals surface area contributed by atoms with Gasteiger partial charge < -0.3 is 4.57 Å². The third-order valence-electron chi connectivity index (χ3n) is 3.18. The van der Waals surface area contributed by atoms with Gasteiger partial charge in [-0.15, -0.1) is 0 Å². The third kappa shape index (κ3) is 1.42. The van der Waals surface area contributed by atoms with E-state index < -0.39 is 0 Å². The molecule has 2 aromatic rings. The van der Waals surface area contributed by atoms with Crippen molar-refractivity contribution >= 4 is 22.6 Å². The van der Waals surface area contributed by atoms with Crippen LogP contribution in [0.1, 0.15) is 31.7 Å². The van der Waals surface area contributed by atoms with Gasteiger partial charge in [-0.1, -0.05) is 24.4 Å². The van der Waals surface area contributed by atoms with Crippen LogP contribution in [0.5, 0.6) is 0 Å². The van der Waals surface area contributed by atoms with Gasteiger partial charge in [0.2, 0.25) is 0 Å². The van der Waals surface area contributed by atoms with E-state index in [0.29, 0.717) is 11.2 Å². The molecule has 0 unspecified atom stereocenters. The second-order valence-corrected chi connectivity index (χ2v) is 4.42. The Morgan fingerprint density at radius 1 is 1.27 bits per heavy atom. The molecule has 0 amide bonds. The number of halogens is 1. The molecule has 1 aliphatic carbocycles. The van der Waals surface area contributed by atoms with Crippen LogP contribution in [-0.4, -0.2) is 14.5 Å². The summed E-state index contributed by atoms with van der Waals surface area (Å²) < 4.78 is 2.25. The summed E-state index contributed by atoms with van der Waals surface area (Å²) in [5, 5.41) is 1.52. The minimum atomic E-state index is 0.553. The third-order valence-corrected chi connectivity index (χ3v) is 3.48. The molecule has 0 atom stereocenters. The summed E-state index contributed by atoms with van der Waals surface area (Å²) in [6, 6.07) is 2.61. The van der Waals surface area contributed by atoms with Gasteiger partial charge in [-0.3, -0.25) is 0 Å². The Kier molecular flexibility index (Phi) is 2.13. The van der Waals surface area contributed by atoms with Crippen molar-refractivity contribution in [1.29, 1.82) is 0 Å². The van der Waals surface area contributed by atoms with Crippen LogP contribution in [0.2, 0.25) is 5.15 Å². The van der Waals surface area contributed by atoms with Crippen molar-refractivity contribution in [3.63, 3.8) is 0 Å². The average Bonchev–Trinajstić information content (AvgIpc) is 2.85. The zero-order valence-corrected chi connectivity index (χ0v) is 9.11. The predicted octanol–water partition coefficient (Wildman–Crippen LogP) is 3.20. The van der Waals surface area contributed by atoms with Gasteiger partial charge in [0.1, 0.15) is 17.1 Å². The monoisotopic (exact) mass is 221 g/mol. The fourth-order valence-corrected chi connectivity index (χ4v) is 2.61. The predicted molar refractivity (Wildman–Crippen MR) is 60.0 cm³/mol. The highest BCUT2D eigenvalue weighted by Gasteiger charge is 2.19. The van der Waals surface area contributed by atoms with Gasteiger partial charge in [0.25, 0.3) is 0 Å². The fourth-order valence-electron chi connectivity index (χ4n) is 2.42. The Morgan fingerprint density at radius 2 is 2.07 bits per heavy atom. The van der Waals surface area contributed by atoms with Crippen LogP contribution in [0.25, 0.3) is 11.0 Å².